The van der Waals surface area contributed by atoms with Gasteiger partial charge in [-0.3, -0.25) is 4.79 Å². The second-order valence-electron chi connectivity index (χ2n) is 10.8. The molecule has 41 heavy (non-hydrogen) atoms. The van der Waals surface area contributed by atoms with Gasteiger partial charge >= 0.3 is 0 Å². The summed E-state index contributed by atoms with van der Waals surface area (Å²) in [4.78, 5) is 12.9. The number of rotatable bonds is 19. The number of unbranched alkanes of at least 4 members (excludes halogenated alkanes) is 6. The van der Waals surface area contributed by atoms with E-state index in [2.05, 4.69) is 55.6 Å². The van der Waals surface area contributed by atoms with Gasteiger partial charge in [0.1, 0.15) is 11.8 Å². The zero-order valence-corrected chi connectivity index (χ0v) is 24.9. The SMILES string of the molecule is CCCCCCC[C@H](F)/C=C/[C@H](COC(c1ccccc1)(c1ccccc1)c1ccccc1)NC(=O)CCCCC. The van der Waals surface area contributed by atoms with Crippen molar-refractivity contribution in [2.75, 3.05) is 6.61 Å². The standard InChI is InChI=1S/C37H48FNO2/c1-3-5-7-8-19-26-34(38)28-29-35(39-36(40)27-12-6-4-2)30-41-37(31-20-13-9-14-21-31,32-22-15-10-16-23-32)33-24-17-11-18-25-33/h9-11,13-18,20-25,28-29,34-35H,3-8,12,19,26-27,30H2,1-2H3,(H,39,40)/b29-28+/t34-,35+/m0/s1. The topological polar surface area (TPSA) is 38.3 Å². The maximum Gasteiger partial charge on any atom is 0.220 e. The second kappa shape index (κ2) is 18.2. The normalized spacial score (nSPS) is 13.2. The lowest BCUT2D eigenvalue weighted by Gasteiger charge is -2.37. The molecule has 3 aromatic carbocycles. The first-order chi connectivity index (χ1) is 20.1. The number of benzene rings is 3. The molecule has 220 valence electrons. The van der Waals surface area contributed by atoms with Crippen molar-refractivity contribution in [2.45, 2.75) is 95.9 Å². The molecule has 0 aromatic heterocycles. The molecular formula is C37H48FNO2. The highest BCUT2D eigenvalue weighted by atomic mass is 19.1. The third kappa shape index (κ3) is 10.3. The molecule has 0 fully saturated rings. The molecule has 0 bridgehead atoms. The zero-order chi connectivity index (χ0) is 29.2. The molecule has 0 aliphatic rings. The van der Waals surface area contributed by atoms with E-state index in [9.17, 15) is 9.18 Å². The summed E-state index contributed by atoms with van der Waals surface area (Å²) in [6, 6.07) is 30.1. The zero-order valence-electron chi connectivity index (χ0n) is 24.9. The van der Waals surface area contributed by atoms with Crippen molar-refractivity contribution in [2.24, 2.45) is 0 Å². The smallest absolute Gasteiger partial charge is 0.220 e. The molecule has 4 heteroatoms. The molecule has 0 aliphatic heterocycles. The fourth-order valence-corrected chi connectivity index (χ4v) is 5.24. The summed E-state index contributed by atoms with van der Waals surface area (Å²) in [7, 11) is 0. The molecule has 0 radical (unpaired) electrons. The Morgan fingerprint density at radius 3 is 1.73 bits per heavy atom. The monoisotopic (exact) mass is 557 g/mol. The number of carbonyl (C=O) groups is 1. The van der Waals surface area contributed by atoms with Gasteiger partial charge in [0.25, 0.3) is 0 Å². The molecule has 1 amide bonds. The summed E-state index contributed by atoms with van der Waals surface area (Å²) in [5.41, 5.74) is 2.07. The van der Waals surface area contributed by atoms with Crippen LogP contribution in [0, 0.1) is 0 Å². The van der Waals surface area contributed by atoms with Gasteiger partial charge in [-0.1, -0.05) is 162 Å². The highest BCUT2D eigenvalue weighted by Crippen LogP contribution is 2.40. The van der Waals surface area contributed by atoms with Crippen LogP contribution in [0.5, 0.6) is 0 Å². The van der Waals surface area contributed by atoms with E-state index in [1.807, 2.05) is 54.6 Å². The van der Waals surface area contributed by atoms with E-state index in [-0.39, 0.29) is 12.5 Å². The summed E-state index contributed by atoms with van der Waals surface area (Å²) in [6.45, 7) is 4.50. The molecule has 3 rings (SSSR count). The number of halogens is 1. The summed E-state index contributed by atoms with van der Waals surface area (Å²) in [5.74, 6) is -0.0311. The highest BCUT2D eigenvalue weighted by molar-refractivity contribution is 5.76. The largest absolute Gasteiger partial charge is 0.358 e. The molecule has 0 heterocycles. The van der Waals surface area contributed by atoms with Gasteiger partial charge in [-0.15, -0.1) is 0 Å². The number of hydrogen-bond donors (Lipinski definition) is 1. The minimum Gasteiger partial charge on any atom is -0.358 e. The number of hydrogen-bond acceptors (Lipinski definition) is 2. The number of amides is 1. The van der Waals surface area contributed by atoms with Crippen molar-refractivity contribution in [1.29, 1.82) is 0 Å². The molecule has 0 spiro atoms. The lowest BCUT2D eigenvalue weighted by molar-refractivity contribution is -0.122. The van der Waals surface area contributed by atoms with E-state index < -0.39 is 17.8 Å². The minimum atomic E-state index is -1.04. The third-order valence-electron chi connectivity index (χ3n) is 7.51. The van der Waals surface area contributed by atoms with Gasteiger partial charge in [-0.05, 0) is 29.5 Å². The van der Waals surface area contributed by atoms with Gasteiger partial charge in [0.15, 0.2) is 0 Å². The van der Waals surface area contributed by atoms with E-state index in [1.165, 1.54) is 12.8 Å². The first-order valence-electron chi connectivity index (χ1n) is 15.5. The van der Waals surface area contributed by atoms with Crippen LogP contribution < -0.4 is 5.32 Å². The van der Waals surface area contributed by atoms with Crippen LogP contribution >= 0.6 is 0 Å². The van der Waals surface area contributed by atoms with Crippen molar-refractivity contribution in [1.82, 2.24) is 5.32 Å². The van der Waals surface area contributed by atoms with Crippen molar-refractivity contribution in [3.63, 3.8) is 0 Å². The molecule has 0 unspecified atom stereocenters. The van der Waals surface area contributed by atoms with Crippen LogP contribution in [0.2, 0.25) is 0 Å². The average Bonchev–Trinajstić information content (AvgIpc) is 3.01. The van der Waals surface area contributed by atoms with Crippen molar-refractivity contribution in [3.05, 3.63) is 120 Å². The Morgan fingerprint density at radius 2 is 1.22 bits per heavy atom. The van der Waals surface area contributed by atoms with Crippen molar-refractivity contribution in [3.8, 4) is 0 Å². The molecule has 0 saturated heterocycles. The number of alkyl halides is 1. The molecule has 0 aliphatic carbocycles. The number of carbonyl (C=O) groups excluding carboxylic acids is 1. The van der Waals surface area contributed by atoms with E-state index in [4.69, 9.17) is 4.74 Å². The number of nitrogens with one attached hydrogen (secondary N) is 1. The minimum absolute atomic E-state index is 0.0311. The third-order valence-corrected chi connectivity index (χ3v) is 7.51. The Balaban J connectivity index is 1.88. The van der Waals surface area contributed by atoms with Crippen molar-refractivity contribution < 1.29 is 13.9 Å². The van der Waals surface area contributed by atoms with E-state index in [0.717, 1.165) is 55.2 Å². The summed E-state index contributed by atoms with van der Waals surface area (Å²) in [6.07, 6.45) is 11.7. The van der Waals surface area contributed by atoms with Crippen LogP contribution in [0.15, 0.2) is 103 Å². The second-order valence-corrected chi connectivity index (χ2v) is 10.8. The van der Waals surface area contributed by atoms with Crippen LogP contribution in [-0.4, -0.2) is 24.7 Å². The van der Waals surface area contributed by atoms with Crippen LogP contribution in [0.3, 0.4) is 0 Å². The molecule has 3 nitrogen and oxygen atoms in total. The Bertz CT molecular complexity index is 1040. The number of allylic oxidation sites excluding steroid dienone is 1. The van der Waals surface area contributed by atoms with Gasteiger partial charge in [0.05, 0.1) is 12.6 Å². The Morgan fingerprint density at radius 1 is 0.732 bits per heavy atom. The highest BCUT2D eigenvalue weighted by Gasteiger charge is 2.38. The summed E-state index contributed by atoms with van der Waals surface area (Å²) in [5, 5.41) is 3.12. The Hall–Kier alpha value is -3.24. The molecule has 2 atom stereocenters. The quantitative estimate of drug-likeness (QED) is 0.0906. The molecule has 0 saturated carbocycles. The van der Waals surface area contributed by atoms with E-state index >= 15 is 0 Å². The molecule has 3 aromatic rings. The maximum absolute atomic E-state index is 14.9. The van der Waals surface area contributed by atoms with Gasteiger partial charge in [-0.2, -0.15) is 0 Å². The number of ether oxygens (including phenoxy) is 1. The van der Waals surface area contributed by atoms with E-state index in [0.29, 0.717) is 12.8 Å². The predicted octanol–water partition coefficient (Wildman–Crippen LogP) is 9.32. The Labute approximate surface area is 247 Å². The van der Waals surface area contributed by atoms with Gasteiger partial charge in [0.2, 0.25) is 5.91 Å². The van der Waals surface area contributed by atoms with Crippen LogP contribution in [0.4, 0.5) is 4.39 Å². The van der Waals surface area contributed by atoms with Gasteiger partial charge in [-0.25, -0.2) is 4.39 Å². The Kier molecular flexibility index (Phi) is 14.4. The van der Waals surface area contributed by atoms with E-state index in [1.54, 1.807) is 12.2 Å². The van der Waals surface area contributed by atoms with Crippen LogP contribution in [-0.2, 0) is 15.1 Å². The fourth-order valence-electron chi connectivity index (χ4n) is 5.24. The van der Waals surface area contributed by atoms with Gasteiger partial charge in [0, 0.05) is 6.42 Å². The van der Waals surface area contributed by atoms with Crippen LogP contribution in [0.1, 0.15) is 94.7 Å². The molecule has 1 N–H and O–H groups in total. The first kappa shape index (κ1) is 32.3. The fraction of sp³-hybridized carbons (Fsp3) is 0.432. The summed E-state index contributed by atoms with van der Waals surface area (Å²) < 4.78 is 21.8. The first-order valence-corrected chi connectivity index (χ1v) is 15.5. The predicted molar refractivity (Wildman–Crippen MR) is 169 cm³/mol. The average molecular weight is 558 g/mol. The van der Waals surface area contributed by atoms with Crippen molar-refractivity contribution >= 4 is 5.91 Å². The summed E-state index contributed by atoms with van der Waals surface area (Å²) >= 11 is 0. The maximum atomic E-state index is 14.9. The molecular weight excluding hydrogens is 509 g/mol. The lowest BCUT2D eigenvalue weighted by atomic mass is 9.80. The lowest BCUT2D eigenvalue weighted by Crippen LogP contribution is -2.41. The van der Waals surface area contributed by atoms with Gasteiger partial charge < -0.3 is 10.1 Å². The van der Waals surface area contributed by atoms with Crippen LogP contribution in [0.25, 0.3) is 0 Å².